The monoisotopic (exact) mass is 423 g/mol. The van der Waals surface area contributed by atoms with Crippen LogP contribution in [0.1, 0.15) is 11.0 Å². The van der Waals surface area contributed by atoms with Crippen molar-refractivity contribution in [3.63, 3.8) is 0 Å². The Morgan fingerprint density at radius 1 is 1.30 bits per heavy atom. The fourth-order valence-electron chi connectivity index (χ4n) is 1.49. The van der Waals surface area contributed by atoms with E-state index in [2.05, 4.69) is 10.3 Å². The van der Waals surface area contributed by atoms with Crippen LogP contribution in [0.2, 0.25) is 4.34 Å². The smallest absolute Gasteiger partial charge is 0.193 e. The number of thiophene rings is 1. The zero-order valence-corrected chi connectivity index (χ0v) is 14.4. The molecule has 1 atom stereocenters. The molecule has 2 rings (SSSR count). The Balaban J connectivity index is 0.00000200. The van der Waals surface area contributed by atoms with Crippen molar-refractivity contribution in [1.29, 1.82) is 0 Å². The zero-order valence-electron chi connectivity index (χ0n) is 10.5. The number of halogens is 2. The van der Waals surface area contributed by atoms with Crippen LogP contribution in [0.15, 0.2) is 47.5 Å². The Bertz CT molecular complexity index is 562. The van der Waals surface area contributed by atoms with Gasteiger partial charge in [-0.05, 0) is 24.3 Å². The second-order valence-electron chi connectivity index (χ2n) is 3.87. The summed E-state index contributed by atoms with van der Waals surface area (Å²) >= 11 is 7.15. The maximum absolute atomic E-state index is 9.91. The highest BCUT2D eigenvalue weighted by Gasteiger charge is 2.09. The van der Waals surface area contributed by atoms with Gasteiger partial charge >= 0.3 is 0 Å². The molecule has 108 valence electrons. The first-order chi connectivity index (χ1) is 9.15. The molecule has 1 aromatic heterocycles. The largest absolute Gasteiger partial charge is 0.386 e. The number of anilines is 1. The number of guanidine groups is 1. The molecule has 1 aromatic carbocycles. The van der Waals surface area contributed by atoms with Gasteiger partial charge in [0.15, 0.2) is 5.96 Å². The molecule has 1 unspecified atom stereocenters. The molecular weight excluding hydrogens is 409 g/mol. The van der Waals surface area contributed by atoms with Crippen LogP contribution in [-0.4, -0.2) is 17.6 Å². The molecule has 4 N–H and O–H groups in total. The number of nitrogens with one attached hydrogen (secondary N) is 1. The fraction of sp³-hybridized carbons (Fsp3) is 0.154. The van der Waals surface area contributed by atoms with Gasteiger partial charge in [0.25, 0.3) is 0 Å². The van der Waals surface area contributed by atoms with Crippen molar-refractivity contribution < 1.29 is 5.11 Å². The van der Waals surface area contributed by atoms with Gasteiger partial charge in [-0.15, -0.1) is 35.3 Å². The Kier molecular flexibility index (Phi) is 7.28. The van der Waals surface area contributed by atoms with Crippen LogP contribution in [0.5, 0.6) is 0 Å². The van der Waals surface area contributed by atoms with Gasteiger partial charge < -0.3 is 16.2 Å². The first kappa shape index (κ1) is 17.2. The van der Waals surface area contributed by atoms with Gasteiger partial charge in [-0.2, -0.15) is 0 Å². The predicted octanol–water partition coefficient (Wildman–Crippen LogP) is 3.48. The summed E-state index contributed by atoms with van der Waals surface area (Å²) in [5, 5.41) is 12.9. The number of hydrogen-bond acceptors (Lipinski definition) is 3. The molecule has 7 heteroatoms. The van der Waals surface area contributed by atoms with Crippen LogP contribution in [0.25, 0.3) is 0 Å². The molecule has 0 aliphatic rings. The molecule has 0 saturated carbocycles. The topological polar surface area (TPSA) is 70.6 Å². The van der Waals surface area contributed by atoms with E-state index >= 15 is 0 Å². The maximum atomic E-state index is 9.91. The van der Waals surface area contributed by atoms with Gasteiger partial charge in [-0.1, -0.05) is 29.8 Å². The first-order valence-electron chi connectivity index (χ1n) is 5.70. The van der Waals surface area contributed by atoms with E-state index in [4.69, 9.17) is 17.3 Å². The number of nitrogens with two attached hydrogens (primary N) is 1. The highest BCUT2D eigenvalue weighted by Crippen LogP contribution is 2.26. The van der Waals surface area contributed by atoms with Crippen LogP contribution in [0.4, 0.5) is 5.69 Å². The minimum absolute atomic E-state index is 0. The van der Waals surface area contributed by atoms with E-state index in [1.807, 2.05) is 30.3 Å². The summed E-state index contributed by atoms with van der Waals surface area (Å²) in [6, 6.07) is 13.0. The maximum Gasteiger partial charge on any atom is 0.193 e. The van der Waals surface area contributed by atoms with E-state index < -0.39 is 6.10 Å². The minimum Gasteiger partial charge on any atom is -0.386 e. The van der Waals surface area contributed by atoms with E-state index in [0.29, 0.717) is 4.34 Å². The van der Waals surface area contributed by atoms with E-state index in [1.165, 1.54) is 11.3 Å². The van der Waals surface area contributed by atoms with E-state index in [0.717, 1.165) is 10.6 Å². The van der Waals surface area contributed by atoms with Crippen LogP contribution in [0.3, 0.4) is 0 Å². The summed E-state index contributed by atoms with van der Waals surface area (Å²) in [5.74, 6) is 0.271. The van der Waals surface area contributed by atoms with Gasteiger partial charge in [0.1, 0.15) is 6.10 Å². The summed E-state index contributed by atoms with van der Waals surface area (Å²) in [5.41, 5.74) is 6.60. The van der Waals surface area contributed by atoms with E-state index in [9.17, 15) is 5.11 Å². The number of aliphatic hydroxyl groups is 1. The van der Waals surface area contributed by atoms with Gasteiger partial charge in [-0.3, -0.25) is 4.99 Å². The number of nitrogens with zero attached hydrogens (tertiary/aromatic N) is 1. The van der Waals surface area contributed by atoms with Crippen molar-refractivity contribution in [3.05, 3.63) is 51.7 Å². The molecular formula is C13H15ClIN3OS. The van der Waals surface area contributed by atoms with Crippen molar-refractivity contribution in [1.82, 2.24) is 0 Å². The Morgan fingerprint density at radius 3 is 2.60 bits per heavy atom. The Labute approximate surface area is 143 Å². The lowest BCUT2D eigenvalue weighted by atomic mass is 10.3. The molecule has 2 aromatic rings. The van der Waals surface area contributed by atoms with Crippen molar-refractivity contribution >= 4 is 58.6 Å². The number of hydrogen-bond donors (Lipinski definition) is 3. The normalized spacial score (nSPS) is 12.6. The molecule has 0 aliphatic carbocycles. The summed E-state index contributed by atoms with van der Waals surface area (Å²) in [7, 11) is 0. The summed E-state index contributed by atoms with van der Waals surface area (Å²) in [4.78, 5) is 4.88. The summed E-state index contributed by atoms with van der Waals surface area (Å²) < 4.78 is 0.647. The fourth-order valence-corrected chi connectivity index (χ4v) is 2.53. The summed E-state index contributed by atoms with van der Waals surface area (Å²) in [6.07, 6.45) is -0.686. The average Bonchev–Trinajstić information content (AvgIpc) is 2.84. The Morgan fingerprint density at radius 2 is 2.00 bits per heavy atom. The van der Waals surface area contributed by atoms with Crippen LogP contribution in [0, 0.1) is 0 Å². The SMILES string of the molecule is I.NC(=NCC(O)c1ccc(Cl)s1)Nc1ccccc1. The third-order valence-corrected chi connectivity index (χ3v) is 3.74. The van der Waals surface area contributed by atoms with E-state index in [-0.39, 0.29) is 36.5 Å². The number of aliphatic hydroxyl groups excluding tert-OH is 1. The second-order valence-corrected chi connectivity index (χ2v) is 5.62. The van der Waals surface area contributed by atoms with Crippen LogP contribution in [-0.2, 0) is 0 Å². The van der Waals surface area contributed by atoms with Crippen molar-refractivity contribution in [2.24, 2.45) is 10.7 Å². The molecule has 0 saturated heterocycles. The lowest BCUT2D eigenvalue weighted by molar-refractivity contribution is 0.191. The minimum atomic E-state index is -0.686. The second kappa shape index (κ2) is 8.46. The molecule has 0 fully saturated rings. The van der Waals surface area contributed by atoms with Gasteiger partial charge in [0, 0.05) is 10.6 Å². The van der Waals surface area contributed by atoms with Gasteiger partial charge in [0.2, 0.25) is 0 Å². The number of aliphatic imine (C=N–C) groups is 1. The predicted molar refractivity (Wildman–Crippen MR) is 96.3 cm³/mol. The standard InChI is InChI=1S/C13H14ClN3OS.HI/c14-12-7-6-11(19-12)10(18)8-16-13(15)17-9-4-2-1-3-5-9;/h1-7,10,18H,8H2,(H3,15,16,17);1H. The molecule has 4 nitrogen and oxygen atoms in total. The lowest BCUT2D eigenvalue weighted by Gasteiger charge is -2.07. The quantitative estimate of drug-likeness (QED) is 0.400. The number of benzene rings is 1. The number of para-hydroxylation sites is 1. The van der Waals surface area contributed by atoms with Crippen molar-refractivity contribution in [3.8, 4) is 0 Å². The highest BCUT2D eigenvalue weighted by atomic mass is 127. The van der Waals surface area contributed by atoms with Crippen molar-refractivity contribution in [2.75, 3.05) is 11.9 Å². The Hall–Kier alpha value is -0.830. The molecule has 0 radical (unpaired) electrons. The lowest BCUT2D eigenvalue weighted by Crippen LogP contribution is -2.23. The van der Waals surface area contributed by atoms with Crippen LogP contribution < -0.4 is 11.1 Å². The van der Waals surface area contributed by atoms with Gasteiger partial charge in [0.05, 0.1) is 10.9 Å². The summed E-state index contributed by atoms with van der Waals surface area (Å²) in [6.45, 7) is 0.197. The highest BCUT2D eigenvalue weighted by molar-refractivity contribution is 14.0. The molecule has 0 aliphatic heterocycles. The third-order valence-electron chi connectivity index (χ3n) is 2.40. The van der Waals surface area contributed by atoms with E-state index in [1.54, 1.807) is 12.1 Å². The molecule has 0 bridgehead atoms. The average molecular weight is 424 g/mol. The van der Waals surface area contributed by atoms with Crippen LogP contribution >= 0.6 is 46.9 Å². The van der Waals surface area contributed by atoms with Gasteiger partial charge in [-0.25, -0.2) is 0 Å². The number of rotatable bonds is 4. The van der Waals surface area contributed by atoms with Crippen molar-refractivity contribution in [2.45, 2.75) is 6.10 Å². The molecule has 0 spiro atoms. The molecule has 0 amide bonds. The zero-order chi connectivity index (χ0) is 13.7. The first-order valence-corrected chi connectivity index (χ1v) is 6.90. The third kappa shape index (κ3) is 5.28. The molecule has 1 heterocycles. The molecule has 20 heavy (non-hydrogen) atoms.